The van der Waals surface area contributed by atoms with Crippen LogP contribution in [0, 0.1) is 0 Å². The second-order valence-corrected chi connectivity index (χ2v) is 9.59. The van der Waals surface area contributed by atoms with Gasteiger partial charge in [0.25, 0.3) is 0 Å². The molecule has 0 spiro atoms. The van der Waals surface area contributed by atoms with E-state index in [0.717, 1.165) is 12.8 Å². The Hall–Kier alpha value is -0.730. The lowest BCUT2D eigenvalue weighted by atomic mass is 9.99. The Morgan fingerprint density at radius 1 is 0.667 bits per heavy atom. The number of aliphatic hydroxyl groups excluding tert-OH is 4. The maximum Gasteiger partial charge on any atom is 0.308 e. The lowest BCUT2D eigenvalue weighted by Crippen LogP contribution is -2.59. The predicted molar refractivity (Wildman–Crippen MR) is 129 cm³/mol. The summed E-state index contributed by atoms with van der Waals surface area (Å²) in [5.41, 5.74) is 0. The van der Waals surface area contributed by atoms with Crippen molar-refractivity contribution in [2.75, 3.05) is 6.61 Å². The molecular formula is C26H50O7. The van der Waals surface area contributed by atoms with Crippen LogP contribution >= 0.6 is 0 Å². The average molecular weight is 475 g/mol. The first-order valence-electron chi connectivity index (χ1n) is 13.5. The number of ether oxygens (including phenoxy) is 2. The van der Waals surface area contributed by atoms with E-state index >= 15 is 0 Å². The molecule has 196 valence electrons. The van der Waals surface area contributed by atoms with E-state index in [-0.39, 0.29) is 6.42 Å². The van der Waals surface area contributed by atoms with Crippen LogP contribution in [-0.2, 0) is 14.3 Å². The molecule has 0 aromatic carbocycles. The van der Waals surface area contributed by atoms with Gasteiger partial charge in [0.15, 0.2) is 0 Å². The Bertz CT molecular complexity index is 472. The van der Waals surface area contributed by atoms with Gasteiger partial charge in [0.1, 0.15) is 24.4 Å². The Labute approximate surface area is 200 Å². The van der Waals surface area contributed by atoms with Crippen molar-refractivity contribution >= 4 is 5.97 Å². The summed E-state index contributed by atoms with van der Waals surface area (Å²) in [6, 6.07) is 0. The molecule has 7 nitrogen and oxygen atoms in total. The Kier molecular flexibility index (Phi) is 18.0. The molecule has 7 heteroatoms. The molecule has 1 unspecified atom stereocenters. The van der Waals surface area contributed by atoms with Crippen molar-refractivity contribution in [3.63, 3.8) is 0 Å². The van der Waals surface area contributed by atoms with Crippen LogP contribution in [0.4, 0.5) is 0 Å². The third kappa shape index (κ3) is 13.7. The van der Waals surface area contributed by atoms with Crippen LogP contribution in [0.1, 0.15) is 122 Å². The van der Waals surface area contributed by atoms with Crippen molar-refractivity contribution in [1.29, 1.82) is 0 Å². The number of carbonyl (C=O) groups is 1. The van der Waals surface area contributed by atoms with Gasteiger partial charge in [-0.1, -0.05) is 110 Å². The van der Waals surface area contributed by atoms with Gasteiger partial charge in [-0.15, -0.1) is 0 Å². The largest absolute Gasteiger partial charge is 0.433 e. The lowest BCUT2D eigenvalue weighted by Gasteiger charge is -2.39. The SMILES string of the molecule is CCCCCCCCCCCCCCCCCCCC(=O)OC1O[C@H](CO)[C@@H](O)[C@H](O)[C@H]1O. The van der Waals surface area contributed by atoms with Gasteiger partial charge in [0.2, 0.25) is 6.29 Å². The first kappa shape index (κ1) is 30.3. The topological polar surface area (TPSA) is 116 Å². The van der Waals surface area contributed by atoms with Crippen molar-refractivity contribution in [2.45, 2.75) is 153 Å². The molecule has 0 aromatic heterocycles. The molecule has 0 bridgehead atoms. The Morgan fingerprint density at radius 3 is 1.52 bits per heavy atom. The van der Waals surface area contributed by atoms with Gasteiger partial charge in [-0.25, -0.2) is 0 Å². The lowest BCUT2D eigenvalue weighted by molar-refractivity contribution is -0.292. The van der Waals surface area contributed by atoms with E-state index in [1.54, 1.807) is 0 Å². The molecule has 4 N–H and O–H groups in total. The van der Waals surface area contributed by atoms with E-state index in [4.69, 9.17) is 14.6 Å². The molecule has 1 heterocycles. The predicted octanol–water partition coefficient (Wildman–Crippen LogP) is 4.37. The van der Waals surface area contributed by atoms with Crippen molar-refractivity contribution in [3.8, 4) is 0 Å². The Balaban J connectivity index is 1.90. The van der Waals surface area contributed by atoms with Gasteiger partial charge < -0.3 is 29.9 Å². The highest BCUT2D eigenvalue weighted by molar-refractivity contribution is 5.69. The monoisotopic (exact) mass is 474 g/mol. The summed E-state index contributed by atoms with van der Waals surface area (Å²) >= 11 is 0. The first-order chi connectivity index (χ1) is 16.0. The molecule has 1 aliphatic heterocycles. The van der Waals surface area contributed by atoms with Crippen LogP contribution in [-0.4, -0.2) is 63.7 Å². The molecule has 5 atom stereocenters. The highest BCUT2D eigenvalue weighted by Gasteiger charge is 2.45. The zero-order valence-electron chi connectivity index (χ0n) is 20.8. The first-order valence-corrected chi connectivity index (χ1v) is 13.5. The molecule has 0 amide bonds. The van der Waals surface area contributed by atoms with Gasteiger partial charge >= 0.3 is 5.97 Å². The fourth-order valence-corrected chi connectivity index (χ4v) is 4.35. The van der Waals surface area contributed by atoms with Crippen LogP contribution in [0.15, 0.2) is 0 Å². The summed E-state index contributed by atoms with van der Waals surface area (Å²) in [6.45, 7) is 1.72. The van der Waals surface area contributed by atoms with Gasteiger partial charge in [-0.2, -0.15) is 0 Å². The molecule has 0 saturated carbocycles. The number of rotatable bonds is 20. The maximum absolute atomic E-state index is 12.0. The summed E-state index contributed by atoms with van der Waals surface area (Å²) in [5, 5.41) is 38.5. The molecule has 1 rings (SSSR count). The zero-order chi connectivity index (χ0) is 24.3. The molecule has 0 radical (unpaired) electrons. The number of hydrogen-bond acceptors (Lipinski definition) is 7. The molecule has 0 aliphatic carbocycles. The summed E-state index contributed by atoms with van der Waals surface area (Å²) in [5.74, 6) is -0.514. The quantitative estimate of drug-likeness (QED) is 0.153. The van der Waals surface area contributed by atoms with Crippen LogP contribution < -0.4 is 0 Å². The fourth-order valence-electron chi connectivity index (χ4n) is 4.35. The highest BCUT2D eigenvalue weighted by Crippen LogP contribution is 2.22. The second-order valence-electron chi connectivity index (χ2n) is 9.59. The fraction of sp³-hybridized carbons (Fsp3) is 0.962. The highest BCUT2D eigenvalue weighted by atomic mass is 16.7. The number of aliphatic hydroxyl groups is 4. The second kappa shape index (κ2) is 19.6. The zero-order valence-corrected chi connectivity index (χ0v) is 20.8. The van der Waals surface area contributed by atoms with E-state index < -0.39 is 43.3 Å². The number of carbonyl (C=O) groups excluding carboxylic acids is 1. The van der Waals surface area contributed by atoms with E-state index in [2.05, 4.69) is 6.92 Å². The van der Waals surface area contributed by atoms with Crippen molar-refractivity contribution in [1.82, 2.24) is 0 Å². The number of hydrogen-bond donors (Lipinski definition) is 4. The van der Waals surface area contributed by atoms with Crippen molar-refractivity contribution in [2.24, 2.45) is 0 Å². The van der Waals surface area contributed by atoms with Crippen LogP contribution in [0.2, 0.25) is 0 Å². The van der Waals surface area contributed by atoms with Gasteiger partial charge in [0, 0.05) is 6.42 Å². The normalized spacial score (nSPS) is 25.3. The average Bonchev–Trinajstić information content (AvgIpc) is 2.81. The van der Waals surface area contributed by atoms with Crippen LogP contribution in [0.3, 0.4) is 0 Å². The minimum atomic E-state index is -1.54. The third-order valence-corrected chi connectivity index (χ3v) is 6.58. The Morgan fingerprint density at radius 2 is 1.09 bits per heavy atom. The van der Waals surface area contributed by atoms with Crippen LogP contribution in [0.25, 0.3) is 0 Å². The molecular weight excluding hydrogens is 424 g/mol. The number of esters is 1. The summed E-state index contributed by atoms with van der Waals surface area (Å²) in [7, 11) is 0. The van der Waals surface area contributed by atoms with E-state index in [1.165, 1.54) is 89.9 Å². The standard InChI is InChI=1S/C26H50O7/c1-2-3-4-5-6-7-8-9-10-11-12-13-14-15-16-17-18-19-22(28)33-26-25(31)24(30)23(29)21(20-27)32-26/h21,23-27,29-31H,2-20H2,1H3/t21-,23-,24+,25-,26?/m1/s1. The van der Waals surface area contributed by atoms with Crippen molar-refractivity contribution in [3.05, 3.63) is 0 Å². The third-order valence-electron chi connectivity index (χ3n) is 6.58. The number of unbranched alkanes of at least 4 members (excludes halogenated alkanes) is 16. The van der Waals surface area contributed by atoms with Gasteiger partial charge in [-0.05, 0) is 6.42 Å². The van der Waals surface area contributed by atoms with E-state index in [1.807, 2.05) is 0 Å². The van der Waals surface area contributed by atoms with Gasteiger partial charge in [-0.3, -0.25) is 4.79 Å². The van der Waals surface area contributed by atoms with Crippen LogP contribution in [0.5, 0.6) is 0 Å². The molecule has 1 fully saturated rings. The molecule has 1 saturated heterocycles. The summed E-state index contributed by atoms with van der Waals surface area (Å²) in [4.78, 5) is 12.0. The maximum atomic E-state index is 12.0. The van der Waals surface area contributed by atoms with Gasteiger partial charge in [0.05, 0.1) is 6.61 Å². The minimum Gasteiger partial charge on any atom is -0.433 e. The van der Waals surface area contributed by atoms with Crippen molar-refractivity contribution < 1.29 is 34.7 Å². The minimum absolute atomic E-state index is 0.216. The molecule has 0 aromatic rings. The molecule has 33 heavy (non-hydrogen) atoms. The smallest absolute Gasteiger partial charge is 0.308 e. The molecule has 1 aliphatic rings. The summed E-state index contributed by atoms with van der Waals surface area (Å²) in [6.07, 6.45) is 14.8. The van der Waals surface area contributed by atoms with E-state index in [0.29, 0.717) is 6.42 Å². The van der Waals surface area contributed by atoms with E-state index in [9.17, 15) is 20.1 Å². The summed E-state index contributed by atoms with van der Waals surface area (Å²) < 4.78 is 10.3.